The van der Waals surface area contributed by atoms with Gasteiger partial charge in [-0.1, -0.05) is 30.3 Å². The van der Waals surface area contributed by atoms with Gasteiger partial charge in [-0.2, -0.15) is 0 Å². The van der Waals surface area contributed by atoms with Crippen molar-refractivity contribution >= 4 is 17.8 Å². The second-order valence-corrected chi connectivity index (χ2v) is 12.3. The summed E-state index contributed by atoms with van der Waals surface area (Å²) in [5, 5.41) is 9.07. The second-order valence-electron chi connectivity index (χ2n) is 12.3. The van der Waals surface area contributed by atoms with Crippen LogP contribution in [0, 0.1) is 0 Å². The fourth-order valence-corrected chi connectivity index (χ4v) is 5.31. The first-order chi connectivity index (χ1) is 23.1. The Hall–Kier alpha value is -4.61. The quantitative estimate of drug-likeness (QED) is 0.103. The lowest BCUT2D eigenvalue weighted by Crippen LogP contribution is -2.53. The van der Waals surface area contributed by atoms with Crippen LogP contribution in [0.2, 0.25) is 0 Å². The predicted octanol–water partition coefficient (Wildman–Crippen LogP) is 5.10. The normalized spacial score (nSPS) is 17.2. The molecule has 4 rings (SSSR count). The summed E-state index contributed by atoms with van der Waals surface area (Å²) < 4.78 is 29.1. The number of nitrogens with zero attached hydrogens (tertiary/aromatic N) is 1. The van der Waals surface area contributed by atoms with E-state index in [0.29, 0.717) is 55.2 Å². The summed E-state index contributed by atoms with van der Waals surface area (Å²) in [7, 11) is 1.57. The molecule has 0 bridgehead atoms. The standard InChI is InChI=1S/C37H47N3O8/c1-6-45-31-14-8-7-11-26(31)20-22-38-40-35(43)37(21-19-32(42)48-36(2,3)4)33(28-12-9-13-30(25-28)44-5)47-34(39-37)27-15-17-29(18-16-27)46-24-10-23-41/h7-9,11-18,25,33,38,41H,6,10,19-24H2,1-5H3,(H,40,43)/t33-,37-/m0/s1. The van der Waals surface area contributed by atoms with E-state index in [-0.39, 0.29) is 25.3 Å². The van der Waals surface area contributed by atoms with Gasteiger partial charge in [-0.05, 0) is 94.1 Å². The minimum Gasteiger partial charge on any atom is -0.497 e. The molecule has 3 aromatic rings. The number of hydrogen-bond acceptors (Lipinski definition) is 10. The minimum atomic E-state index is -1.55. The number of carbonyl (C=O) groups is 2. The lowest BCUT2D eigenvalue weighted by molar-refractivity contribution is -0.155. The van der Waals surface area contributed by atoms with Crippen LogP contribution in [0.5, 0.6) is 17.2 Å². The zero-order chi connectivity index (χ0) is 34.6. The molecular formula is C37H47N3O8. The highest BCUT2D eigenvalue weighted by Crippen LogP contribution is 2.44. The summed E-state index contributed by atoms with van der Waals surface area (Å²) in [6.07, 6.45) is 0.146. The zero-order valence-corrected chi connectivity index (χ0v) is 28.4. The van der Waals surface area contributed by atoms with E-state index >= 15 is 0 Å². The van der Waals surface area contributed by atoms with E-state index in [4.69, 9.17) is 33.8 Å². The number of hydrazine groups is 1. The molecule has 3 N–H and O–H groups in total. The first-order valence-electron chi connectivity index (χ1n) is 16.3. The fourth-order valence-electron chi connectivity index (χ4n) is 5.31. The lowest BCUT2D eigenvalue weighted by Gasteiger charge is -2.31. The van der Waals surface area contributed by atoms with Gasteiger partial charge in [0, 0.05) is 31.6 Å². The molecule has 3 aromatic carbocycles. The van der Waals surface area contributed by atoms with Gasteiger partial charge in [0.05, 0.1) is 20.3 Å². The molecule has 1 amide bonds. The van der Waals surface area contributed by atoms with Crippen molar-refractivity contribution in [1.29, 1.82) is 0 Å². The molecule has 0 saturated heterocycles. The third kappa shape index (κ3) is 9.71. The van der Waals surface area contributed by atoms with Gasteiger partial charge in [-0.3, -0.25) is 15.0 Å². The van der Waals surface area contributed by atoms with Gasteiger partial charge in [0.1, 0.15) is 22.8 Å². The number of ether oxygens (including phenoxy) is 5. The van der Waals surface area contributed by atoms with Gasteiger partial charge < -0.3 is 28.8 Å². The number of aliphatic imine (C=N–C) groups is 1. The Balaban J connectivity index is 1.66. The molecule has 0 radical (unpaired) electrons. The number of aliphatic hydroxyl groups is 1. The number of benzene rings is 3. The fraction of sp³-hybridized carbons (Fsp3) is 0.432. The van der Waals surface area contributed by atoms with Crippen LogP contribution in [0.4, 0.5) is 0 Å². The van der Waals surface area contributed by atoms with Crippen molar-refractivity contribution in [3.05, 3.63) is 89.5 Å². The molecule has 0 spiro atoms. The van der Waals surface area contributed by atoms with E-state index in [1.807, 2.05) is 43.3 Å². The highest BCUT2D eigenvalue weighted by atomic mass is 16.6. The Kier molecular flexibility index (Phi) is 12.8. The number of rotatable bonds is 17. The van der Waals surface area contributed by atoms with E-state index in [0.717, 1.165) is 11.3 Å². The van der Waals surface area contributed by atoms with Gasteiger partial charge in [-0.25, -0.2) is 10.4 Å². The van der Waals surface area contributed by atoms with Gasteiger partial charge in [0.15, 0.2) is 11.6 Å². The third-order valence-electron chi connectivity index (χ3n) is 7.55. The average molecular weight is 662 g/mol. The van der Waals surface area contributed by atoms with Crippen molar-refractivity contribution in [3.63, 3.8) is 0 Å². The van der Waals surface area contributed by atoms with Crippen molar-refractivity contribution in [2.45, 2.75) is 70.6 Å². The van der Waals surface area contributed by atoms with Gasteiger partial charge in [-0.15, -0.1) is 0 Å². The SMILES string of the molecule is CCOc1ccccc1CCNNC(=O)[C@@]1(CCC(=O)OC(C)(C)C)N=C(c2ccc(OCCCO)cc2)O[C@H]1c1cccc(OC)c1. The second kappa shape index (κ2) is 17.0. The maximum Gasteiger partial charge on any atom is 0.306 e. The van der Waals surface area contributed by atoms with E-state index in [1.165, 1.54) is 0 Å². The number of aliphatic hydroxyl groups excluding tert-OH is 1. The van der Waals surface area contributed by atoms with Crippen molar-refractivity contribution in [1.82, 2.24) is 10.9 Å². The summed E-state index contributed by atoms with van der Waals surface area (Å²) in [4.78, 5) is 32.3. The summed E-state index contributed by atoms with van der Waals surface area (Å²) in [6.45, 7) is 8.71. The molecule has 0 aromatic heterocycles. The molecule has 0 saturated carbocycles. The molecule has 0 unspecified atom stereocenters. The number of carbonyl (C=O) groups excluding carboxylic acids is 2. The minimum absolute atomic E-state index is 0.0102. The van der Waals surface area contributed by atoms with Gasteiger partial charge in [0.25, 0.3) is 5.91 Å². The number of esters is 1. The van der Waals surface area contributed by atoms with Crippen molar-refractivity contribution in [2.75, 3.05) is 33.5 Å². The molecule has 11 heteroatoms. The molecule has 1 heterocycles. The average Bonchev–Trinajstić information content (AvgIpc) is 3.47. The van der Waals surface area contributed by atoms with Gasteiger partial charge in [0.2, 0.25) is 5.90 Å². The van der Waals surface area contributed by atoms with Crippen LogP contribution < -0.4 is 25.1 Å². The molecule has 48 heavy (non-hydrogen) atoms. The third-order valence-corrected chi connectivity index (χ3v) is 7.55. The Labute approximate surface area is 282 Å². The summed E-state index contributed by atoms with van der Waals surface area (Å²) in [5.41, 5.74) is 5.96. The van der Waals surface area contributed by atoms with Crippen LogP contribution in [0.15, 0.2) is 77.8 Å². The van der Waals surface area contributed by atoms with Crippen LogP contribution in [0.1, 0.15) is 69.8 Å². The Morgan fingerprint density at radius 3 is 2.48 bits per heavy atom. The van der Waals surface area contributed by atoms with Crippen LogP contribution in [-0.4, -0.2) is 67.5 Å². The molecule has 258 valence electrons. The van der Waals surface area contributed by atoms with Crippen LogP contribution in [0.3, 0.4) is 0 Å². The Bertz CT molecular complexity index is 1540. The maximum atomic E-state index is 14.4. The first kappa shape index (κ1) is 36.2. The molecule has 1 aliphatic heterocycles. The molecule has 0 aliphatic carbocycles. The number of methoxy groups -OCH3 is 1. The maximum absolute atomic E-state index is 14.4. The number of hydrogen-bond donors (Lipinski definition) is 3. The van der Waals surface area contributed by atoms with Gasteiger partial charge >= 0.3 is 5.97 Å². The number of amides is 1. The molecular weight excluding hydrogens is 614 g/mol. The summed E-state index contributed by atoms with van der Waals surface area (Å²) in [6, 6.07) is 22.2. The number of nitrogens with one attached hydrogen (secondary N) is 2. The van der Waals surface area contributed by atoms with Crippen LogP contribution >= 0.6 is 0 Å². The van der Waals surface area contributed by atoms with Crippen molar-refractivity contribution < 1.29 is 38.4 Å². The monoisotopic (exact) mass is 661 g/mol. The zero-order valence-electron chi connectivity index (χ0n) is 28.4. The van der Waals surface area contributed by atoms with E-state index in [9.17, 15) is 9.59 Å². The first-order valence-corrected chi connectivity index (χ1v) is 16.3. The summed E-state index contributed by atoms with van der Waals surface area (Å²) >= 11 is 0. The number of para-hydroxylation sites is 1. The van der Waals surface area contributed by atoms with Crippen LogP contribution in [-0.2, 0) is 25.5 Å². The molecule has 11 nitrogen and oxygen atoms in total. The largest absolute Gasteiger partial charge is 0.497 e. The molecule has 1 aliphatic rings. The van der Waals surface area contributed by atoms with E-state index in [2.05, 4.69) is 10.9 Å². The predicted molar refractivity (Wildman–Crippen MR) is 182 cm³/mol. The Morgan fingerprint density at radius 1 is 1.00 bits per heavy atom. The highest BCUT2D eigenvalue weighted by Gasteiger charge is 2.53. The molecule has 2 atom stereocenters. The van der Waals surface area contributed by atoms with Crippen molar-refractivity contribution in [3.8, 4) is 17.2 Å². The van der Waals surface area contributed by atoms with Crippen molar-refractivity contribution in [2.24, 2.45) is 4.99 Å². The van der Waals surface area contributed by atoms with E-state index in [1.54, 1.807) is 64.3 Å². The summed E-state index contributed by atoms with van der Waals surface area (Å²) in [5.74, 6) is 1.34. The van der Waals surface area contributed by atoms with Crippen LogP contribution in [0.25, 0.3) is 0 Å². The lowest BCUT2D eigenvalue weighted by atomic mass is 9.83. The molecule has 0 fully saturated rings. The Morgan fingerprint density at radius 2 is 1.77 bits per heavy atom. The topological polar surface area (TPSA) is 137 Å². The van der Waals surface area contributed by atoms with E-state index < -0.39 is 29.1 Å². The smallest absolute Gasteiger partial charge is 0.306 e. The highest BCUT2D eigenvalue weighted by molar-refractivity contribution is 6.01.